The zero-order valence-electron chi connectivity index (χ0n) is 9.29. The quantitative estimate of drug-likeness (QED) is 0.509. The Kier molecular flexibility index (Phi) is 12.5. The molecule has 16 heavy (non-hydrogen) atoms. The van der Waals surface area contributed by atoms with Crippen LogP contribution in [0.1, 0.15) is 0 Å². The van der Waals surface area contributed by atoms with Crippen molar-refractivity contribution in [2.24, 2.45) is 0 Å². The first-order chi connectivity index (χ1) is 6.90. The molecule has 0 atom stereocenters. The SMILES string of the molecule is CO.COc1ccc2ccccc2c1.[Np].[Np]. The van der Waals surface area contributed by atoms with Crippen LogP contribution in [0.2, 0.25) is 0 Å². The van der Waals surface area contributed by atoms with Crippen LogP contribution in [0.4, 0.5) is 0 Å². The predicted molar refractivity (Wildman–Crippen MR) is 58.6 cm³/mol. The van der Waals surface area contributed by atoms with Gasteiger partial charge in [-0.15, -0.1) is 0 Å². The number of aliphatic hydroxyl groups excluding tert-OH is 1. The Balaban J connectivity index is 0. The molecule has 0 saturated heterocycles. The van der Waals surface area contributed by atoms with E-state index in [2.05, 4.69) is 18.2 Å². The monoisotopic (exact) mass is 662 g/mol. The number of hydrogen-bond donors (Lipinski definition) is 1. The molecule has 0 fully saturated rings. The minimum Gasteiger partial charge on any atom is -0.497 e. The fourth-order valence-electron chi connectivity index (χ4n) is 1.29. The van der Waals surface area contributed by atoms with Gasteiger partial charge in [-0.2, -0.15) is 0 Å². The van der Waals surface area contributed by atoms with E-state index in [9.17, 15) is 0 Å². The standard InChI is InChI=1S/C11H10O.CH4O.2Np/c1-12-11-7-6-9-4-2-3-5-10(9)8-11;1-2;;/h2-8H,1H3;2H,1H3;;. The van der Waals surface area contributed by atoms with Gasteiger partial charge in [0, 0.05) is 67.0 Å². The molecule has 0 unspecified atom stereocenters. The topological polar surface area (TPSA) is 29.5 Å². The van der Waals surface area contributed by atoms with Gasteiger partial charge in [-0.25, -0.2) is 0 Å². The molecule has 1 N–H and O–H groups in total. The van der Waals surface area contributed by atoms with Crippen LogP contribution in [-0.4, -0.2) is 19.3 Å². The summed E-state index contributed by atoms with van der Waals surface area (Å²) in [6, 6.07) is 14.3. The zero-order chi connectivity index (χ0) is 10.4. The fraction of sp³-hybridized carbons (Fsp3) is 0.167. The Bertz CT molecular complexity index is 405. The summed E-state index contributed by atoms with van der Waals surface area (Å²) in [4.78, 5) is 0. The number of hydrogen-bond acceptors (Lipinski definition) is 2. The first kappa shape index (κ1) is 18.8. The van der Waals surface area contributed by atoms with E-state index >= 15 is 0 Å². The van der Waals surface area contributed by atoms with E-state index in [1.807, 2.05) is 24.3 Å². The van der Waals surface area contributed by atoms with Crippen LogP contribution in [0.25, 0.3) is 10.8 Å². The van der Waals surface area contributed by atoms with E-state index < -0.39 is 0 Å². The molecule has 4 heteroatoms. The molecule has 2 radical (unpaired) electrons. The van der Waals surface area contributed by atoms with Crippen molar-refractivity contribution in [3.05, 3.63) is 42.5 Å². The Morgan fingerprint density at radius 3 is 2.00 bits per heavy atom. The van der Waals surface area contributed by atoms with Gasteiger partial charge in [-0.3, -0.25) is 0 Å². The average Bonchev–Trinajstić information content (AvgIpc) is 2.31. The molecular weight excluding hydrogens is 650 g/mol. The van der Waals surface area contributed by atoms with Crippen molar-refractivity contribution in [3.63, 3.8) is 0 Å². The maximum absolute atomic E-state index is 7.00. The van der Waals surface area contributed by atoms with Gasteiger partial charge in [0.05, 0.1) is 7.11 Å². The molecule has 0 amide bonds. The average molecular weight is 664 g/mol. The number of benzene rings is 2. The Morgan fingerprint density at radius 1 is 0.875 bits per heavy atom. The summed E-state index contributed by atoms with van der Waals surface area (Å²) in [6.45, 7) is 0. The van der Waals surface area contributed by atoms with Crippen molar-refractivity contribution in [2.75, 3.05) is 14.2 Å². The van der Waals surface area contributed by atoms with Gasteiger partial charge in [0.2, 0.25) is 0 Å². The van der Waals surface area contributed by atoms with Gasteiger partial charge in [0.25, 0.3) is 0 Å². The van der Waals surface area contributed by atoms with Crippen LogP contribution in [0.5, 0.6) is 5.75 Å². The molecule has 2 aromatic rings. The van der Waals surface area contributed by atoms with Crippen LogP contribution < -0.4 is 4.74 Å². The molecular formula is C12H14Np2O2. The van der Waals surface area contributed by atoms with Crippen molar-refractivity contribution < 1.29 is 69.7 Å². The largest absolute Gasteiger partial charge is 0.497 e. The van der Waals surface area contributed by atoms with E-state index in [4.69, 9.17) is 9.84 Å². The summed E-state index contributed by atoms with van der Waals surface area (Å²) in [7, 11) is 2.68. The van der Waals surface area contributed by atoms with Crippen molar-refractivity contribution >= 4 is 10.8 Å². The fourth-order valence-corrected chi connectivity index (χ4v) is 1.29. The van der Waals surface area contributed by atoms with Crippen molar-refractivity contribution in [2.45, 2.75) is 0 Å². The molecule has 0 spiro atoms. The summed E-state index contributed by atoms with van der Waals surface area (Å²) < 4.78 is 5.12. The molecule has 0 aliphatic heterocycles. The zero-order valence-corrected chi connectivity index (χ0v) is 16.7. The molecule has 2 aromatic carbocycles. The minimum atomic E-state index is 0. The van der Waals surface area contributed by atoms with Crippen LogP contribution >= 0.6 is 0 Å². The second kappa shape index (κ2) is 10.6. The third kappa shape index (κ3) is 5.21. The third-order valence-corrected chi connectivity index (χ3v) is 1.96. The Hall–Kier alpha value is 0.486. The molecule has 0 aromatic heterocycles. The second-order valence-corrected chi connectivity index (χ2v) is 2.71. The summed E-state index contributed by atoms with van der Waals surface area (Å²) in [5, 5.41) is 9.47. The normalized spacial score (nSPS) is 7.94. The van der Waals surface area contributed by atoms with E-state index in [1.165, 1.54) is 10.8 Å². The van der Waals surface area contributed by atoms with Gasteiger partial charge in [0.1, 0.15) is 5.75 Å². The molecule has 0 aliphatic carbocycles. The maximum Gasteiger partial charge on any atom is 0.119 e. The number of aliphatic hydroxyl groups is 1. The number of methoxy groups -OCH3 is 1. The first-order valence-electron chi connectivity index (χ1n) is 4.37. The smallest absolute Gasteiger partial charge is 0.119 e. The van der Waals surface area contributed by atoms with Gasteiger partial charge in [-0.05, 0) is 22.9 Å². The predicted octanol–water partition coefficient (Wildman–Crippen LogP) is 2.46. The number of fused-ring (bicyclic) bond motifs is 1. The third-order valence-electron chi connectivity index (χ3n) is 1.96. The van der Waals surface area contributed by atoms with E-state index in [-0.39, 0.29) is 59.9 Å². The molecule has 84 valence electrons. The maximum atomic E-state index is 7.00. The van der Waals surface area contributed by atoms with Crippen molar-refractivity contribution in [3.8, 4) is 5.75 Å². The van der Waals surface area contributed by atoms with Crippen molar-refractivity contribution in [1.82, 2.24) is 0 Å². The molecule has 0 heterocycles. The number of ether oxygens (including phenoxy) is 1. The van der Waals surface area contributed by atoms with Gasteiger partial charge >= 0.3 is 0 Å². The summed E-state index contributed by atoms with van der Waals surface area (Å²) in [5.41, 5.74) is 0. The van der Waals surface area contributed by atoms with Crippen LogP contribution in [0.15, 0.2) is 42.5 Å². The Labute approximate surface area is 141 Å². The molecule has 2 rings (SSSR count). The minimum absolute atomic E-state index is 0. The molecule has 0 aliphatic rings. The van der Waals surface area contributed by atoms with Crippen LogP contribution in [0.3, 0.4) is 0 Å². The second-order valence-electron chi connectivity index (χ2n) is 2.71. The van der Waals surface area contributed by atoms with E-state index in [0.717, 1.165) is 12.9 Å². The van der Waals surface area contributed by atoms with Crippen LogP contribution in [-0.2, 0) is 0 Å². The summed E-state index contributed by atoms with van der Waals surface area (Å²) >= 11 is 0. The van der Waals surface area contributed by atoms with E-state index in [1.54, 1.807) is 7.11 Å². The molecule has 0 saturated carbocycles. The number of rotatable bonds is 1. The van der Waals surface area contributed by atoms with Gasteiger partial charge in [0.15, 0.2) is 0 Å². The van der Waals surface area contributed by atoms with Gasteiger partial charge < -0.3 is 9.84 Å². The van der Waals surface area contributed by atoms with Crippen molar-refractivity contribution in [1.29, 1.82) is 0 Å². The Morgan fingerprint density at radius 2 is 1.44 bits per heavy atom. The van der Waals surface area contributed by atoms with Crippen LogP contribution in [0, 0.1) is 59.9 Å². The van der Waals surface area contributed by atoms with Gasteiger partial charge in [-0.1, -0.05) is 30.3 Å². The first-order valence-corrected chi connectivity index (χ1v) is 4.37. The summed E-state index contributed by atoms with van der Waals surface area (Å²) in [6.07, 6.45) is 0. The molecule has 2 nitrogen and oxygen atoms in total. The summed E-state index contributed by atoms with van der Waals surface area (Å²) in [5.74, 6) is 0.911. The molecule has 0 bridgehead atoms. The van der Waals surface area contributed by atoms with E-state index in [0.29, 0.717) is 0 Å².